The van der Waals surface area contributed by atoms with E-state index in [2.05, 4.69) is 5.32 Å². The van der Waals surface area contributed by atoms with Crippen LogP contribution in [0.15, 0.2) is 18.2 Å². The summed E-state index contributed by atoms with van der Waals surface area (Å²) in [6.45, 7) is 3.20. The molecule has 0 amide bonds. The number of unbranched alkanes of at least 4 members (excludes halogenated alkanes) is 3. The Labute approximate surface area is 113 Å². The van der Waals surface area contributed by atoms with Gasteiger partial charge in [0.1, 0.15) is 5.82 Å². The minimum atomic E-state index is -0.306. The third-order valence-corrected chi connectivity index (χ3v) is 3.29. The molecular formula is C14H21ClFNO. The number of aliphatic hydroxyl groups excluding tert-OH is 1. The number of halogens is 2. The Morgan fingerprint density at radius 2 is 2.00 bits per heavy atom. The summed E-state index contributed by atoms with van der Waals surface area (Å²) in [7, 11) is 0. The third kappa shape index (κ3) is 5.34. The van der Waals surface area contributed by atoms with Crippen molar-refractivity contribution in [2.75, 3.05) is 13.2 Å². The first kappa shape index (κ1) is 15.4. The molecule has 1 unspecified atom stereocenters. The predicted molar refractivity (Wildman–Crippen MR) is 73.4 cm³/mol. The molecule has 0 heterocycles. The summed E-state index contributed by atoms with van der Waals surface area (Å²) >= 11 is 6.00. The van der Waals surface area contributed by atoms with Crippen LogP contribution >= 0.6 is 11.6 Å². The summed E-state index contributed by atoms with van der Waals surface area (Å²) < 4.78 is 12.9. The van der Waals surface area contributed by atoms with Gasteiger partial charge in [0.05, 0.1) is 0 Å². The minimum absolute atomic E-state index is 0.121. The smallest absolute Gasteiger partial charge is 0.124 e. The largest absolute Gasteiger partial charge is 0.396 e. The van der Waals surface area contributed by atoms with Crippen LogP contribution in [0, 0.1) is 5.82 Å². The van der Waals surface area contributed by atoms with Gasteiger partial charge in [0, 0.05) is 17.7 Å². The Bertz CT molecular complexity index is 360. The summed E-state index contributed by atoms with van der Waals surface area (Å²) in [4.78, 5) is 0. The molecule has 0 aliphatic rings. The molecule has 1 aromatic carbocycles. The normalized spacial score (nSPS) is 12.7. The van der Waals surface area contributed by atoms with Gasteiger partial charge in [-0.2, -0.15) is 0 Å². The average Bonchev–Trinajstić information content (AvgIpc) is 2.33. The van der Waals surface area contributed by atoms with Crippen LogP contribution in [0.2, 0.25) is 5.02 Å². The van der Waals surface area contributed by atoms with E-state index >= 15 is 0 Å². The maximum Gasteiger partial charge on any atom is 0.124 e. The quantitative estimate of drug-likeness (QED) is 0.708. The van der Waals surface area contributed by atoms with Crippen molar-refractivity contribution in [2.45, 2.75) is 38.6 Å². The highest BCUT2D eigenvalue weighted by Crippen LogP contribution is 2.23. The van der Waals surface area contributed by atoms with Crippen molar-refractivity contribution in [1.29, 1.82) is 0 Å². The van der Waals surface area contributed by atoms with Crippen LogP contribution in [0.25, 0.3) is 0 Å². The summed E-state index contributed by atoms with van der Waals surface area (Å²) in [5.41, 5.74) is 0.924. The molecule has 102 valence electrons. The predicted octanol–water partition coefficient (Wildman–Crippen LogP) is 3.68. The zero-order valence-corrected chi connectivity index (χ0v) is 11.5. The van der Waals surface area contributed by atoms with Crippen LogP contribution in [0.1, 0.15) is 44.2 Å². The Balaban J connectivity index is 2.29. The van der Waals surface area contributed by atoms with Crippen LogP contribution in [0.4, 0.5) is 4.39 Å². The SMILES string of the molecule is CC(NCCCCCCO)c1ccc(F)cc1Cl. The molecule has 0 aromatic heterocycles. The van der Waals surface area contributed by atoms with Gasteiger partial charge in [0.15, 0.2) is 0 Å². The summed E-state index contributed by atoms with van der Waals surface area (Å²) in [5, 5.41) is 12.5. The molecule has 0 aliphatic carbocycles. The summed E-state index contributed by atoms with van der Waals surface area (Å²) in [6.07, 6.45) is 4.11. The average molecular weight is 274 g/mol. The molecule has 1 atom stereocenters. The molecule has 0 saturated carbocycles. The van der Waals surface area contributed by atoms with Gasteiger partial charge in [-0.05, 0) is 44.0 Å². The molecule has 2 nitrogen and oxygen atoms in total. The molecule has 2 N–H and O–H groups in total. The van der Waals surface area contributed by atoms with Crippen molar-refractivity contribution in [3.05, 3.63) is 34.6 Å². The van der Waals surface area contributed by atoms with Gasteiger partial charge in [-0.15, -0.1) is 0 Å². The number of benzene rings is 1. The Hall–Kier alpha value is -0.640. The first-order chi connectivity index (χ1) is 8.65. The highest BCUT2D eigenvalue weighted by atomic mass is 35.5. The van der Waals surface area contributed by atoms with E-state index in [1.54, 1.807) is 6.07 Å². The Kier molecular flexibility index (Phi) is 7.25. The van der Waals surface area contributed by atoms with Crippen LogP contribution < -0.4 is 5.32 Å². The molecule has 1 rings (SSSR count). The van der Waals surface area contributed by atoms with Gasteiger partial charge in [0.2, 0.25) is 0 Å². The van der Waals surface area contributed by atoms with E-state index in [9.17, 15) is 4.39 Å². The number of aliphatic hydroxyl groups is 1. The lowest BCUT2D eigenvalue weighted by molar-refractivity contribution is 0.282. The Morgan fingerprint density at radius 3 is 2.67 bits per heavy atom. The van der Waals surface area contributed by atoms with Crippen molar-refractivity contribution in [3.63, 3.8) is 0 Å². The molecule has 0 spiro atoms. The number of rotatable bonds is 8. The van der Waals surface area contributed by atoms with Crippen LogP contribution in [-0.4, -0.2) is 18.3 Å². The lowest BCUT2D eigenvalue weighted by Gasteiger charge is -2.15. The maximum absolute atomic E-state index is 12.9. The monoisotopic (exact) mass is 273 g/mol. The molecule has 4 heteroatoms. The lowest BCUT2D eigenvalue weighted by atomic mass is 10.1. The van der Waals surface area contributed by atoms with E-state index in [0.29, 0.717) is 5.02 Å². The van der Waals surface area contributed by atoms with Crippen molar-refractivity contribution in [1.82, 2.24) is 5.32 Å². The summed E-state index contributed by atoms with van der Waals surface area (Å²) in [6, 6.07) is 4.62. The highest BCUT2D eigenvalue weighted by molar-refractivity contribution is 6.31. The van der Waals surface area contributed by atoms with Gasteiger partial charge in [0.25, 0.3) is 0 Å². The van der Waals surface area contributed by atoms with Gasteiger partial charge in [-0.25, -0.2) is 4.39 Å². The molecule has 1 aromatic rings. The fourth-order valence-electron chi connectivity index (χ4n) is 1.87. The fourth-order valence-corrected chi connectivity index (χ4v) is 2.20. The molecule has 0 aliphatic heterocycles. The molecule has 0 bridgehead atoms. The second-order valence-corrected chi connectivity index (χ2v) is 4.89. The molecule has 0 saturated heterocycles. The number of nitrogens with one attached hydrogen (secondary N) is 1. The van der Waals surface area contributed by atoms with E-state index in [1.807, 2.05) is 6.92 Å². The van der Waals surface area contributed by atoms with E-state index in [4.69, 9.17) is 16.7 Å². The molecule has 0 radical (unpaired) electrons. The van der Waals surface area contributed by atoms with Gasteiger partial charge < -0.3 is 10.4 Å². The lowest BCUT2D eigenvalue weighted by Crippen LogP contribution is -2.20. The van der Waals surface area contributed by atoms with E-state index < -0.39 is 0 Å². The van der Waals surface area contributed by atoms with Crippen molar-refractivity contribution in [3.8, 4) is 0 Å². The van der Waals surface area contributed by atoms with Crippen molar-refractivity contribution < 1.29 is 9.50 Å². The standard InChI is InChI=1S/C14H21ClFNO/c1-11(17-8-4-2-3-5-9-18)13-7-6-12(16)10-14(13)15/h6-7,10-11,17-18H,2-5,8-9H2,1H3. The van der Waals surface area contributed by atoms with E-state index in [0.717, 1.165) is 37.8 Å². The first-order valence-corrected chi connectivity index (χ1v) is 6.82. The van der Waals surface area contributed by atoms with Crippen LogP contribution in [0.5, 0.6) is 0 Å². The second-order valence-electron chi connectivity index (χ2n) is 4.48. The maximum atomic E-state index is 12.9. The van der Waals surface area contributed by atoms with E-state index in [-0.39, 0.29) is 18.5 Å². The topological polar surface area (TPSA) is 32.3 Å². The second kappa shape index (κ2) is 8.46. The fraction of sp³-hybridized carbons (Fsp3) is 0.571. The number of hydrogen-bond acceptors (Lipinski definition) is 2. The van der Waals surface area contributed by atoms with Crippen molar-refractivity contribution in [2.24, 2.45) is 0 Å². The van der Waals surface area contributed by atoms with Crippen molar-refractivity contribution >= 4 is 11.6 Å². The minimum Gasteiger partial charge on any atom is -0.396 e. The van der Waals surface area contributed by atoms with Crippen LogP contribution in [0.3, 0.4) is 0 Å². The Morgan fingerprint density at radius 1 is 1.28 bits per heavy atom. The highest BCUT2D eigenvalue weighted by Gasteiger charge is 2.09. The van der Waals surface area contributed by atoms with Gasteiger partial charge in [-0.3, -0.25) is 0 Å². The van der Waals surface area contributed by atoms with E-state index in [1.165, 1.54) is 12.1 Å². The first-order valence-electron chi connectivity index (χ1n) is 6.44. The third-order valence-electron chi connectivity index (χ3n) is 2.96. The zero-order chi connectivity index (χ0) is 13.4. The van der Waals surface area contributed by atoms with Gasteiger partial charge in [-0.1, -0.05) is 30.5 Å². The zero-order valence-electron chi connectivity index (χ0n) is 10.8. The molecule has 18 heavy (non-hydrogen) atoms. The molecule has 0 fully saturated rings. The van der Waals surface area contributed by atoms with Crippen LogP contribution in [-0.2, 0) is 0 Å². The summed E-state index contributed by atoms with van der Waals surface area (Å²) in [5.74, 6) is -0.306. The molecular weight excluding hydrogens is 253 g/mol. The van der Waals surface area contributed by atoms with Gasteiger partial charge >= 0.3 is 0 Å². The number of hydrogen-bond donors (Lipinski definition) is 2.